The molecule has 1 fully saturated rings. The lowest BCUT2D eigenvalue weighted by Gasteiger charge is -2.32. The van der Waals surface area contributed by atoms with Crippen molar-refractivity contribution >= 4 is 16.2 Å². The molecule has 8 heteroatoms. The van der Waals surface area contributed by atoms with Crippen molar-refractivity contribution in [3.63, 3.8) is 0 Å². The Morgan fingerprint density at radius 2 is 1.78 bits per heavy atom. The number of aryl methyl sites for hydroxylation is 1. The van der Waals surface area contributed by atoms with Crippen LogP contribution in [-0.4, -0.2) is 46.2 Å². The Morgan fingerprint density at radius 3 is 2.41 bits per heavy atom. The molecule has 3 rings (SSSR count). The van der Waals surface area contributed by atoms with Gasteiger partial charge in [0.1, 0.15) is 16.7 Å². The number of hydrogen-bond acceptors (Lipinski definition) is 6. The first-order valence-corrected chi connectivity index (χ1v) is 9.85. The number of rotatable bonds is 4. The number of ether oxygens (including phenoxy) is 2. The van der Waals surface area contributed by atoms with E-state index < -0.39 is 16.2 Å². The van der Waals surface area contributed by atoms with E-state index in [4.69, 9.17) is 13.7 Å². The van der Waals surface area contributed by atoms with E-state index in [1.165, 1.54) is 19.2 Å². The number of amides is 1. The molecule has 0 saturated carbocycles. The van der Waals surface area contributed by atoms with Gasteiger partial charge in [-0.3, -0.25) is 0 Å². The van der Waals surface area contributed by atoms with E-state index in [0.29, 0.717) is 19.7 Å². The molecule has 2 aromatic carbocycles. The largest absolute Gasteiger partial charge is 0.453 e. The van der Waals surface area contributed by atoms with Gasteiger partial charge in [-0.2, -0.15) is 8.42 Å². The van der Waals surface area contributed by atoms with Gasteiger partial charge in [0, 0.05) is 6.54 Å². The Bertz CT molecular complexity index is 893. The summed E-state index contributed by atoms with van der Waals surface area (Å²) in [6, 6.07) is 13.0. The second kappa shape index (κ2) is 7.98. The lowest BCUT2D eigenvalue weighted by Crippen LogP contribution is -2.42. The number of hydrogen-bond donors (Lipinski definition) is 0. The van der Waals surface area contributed by atoms with Gasteiger partial charge in [0.15, 0.2) is 0 Å². The van der Waals surface area contributed by atoms with Gasteiger partial charge < -0.3 is 18.6 Å². The van der Waals surface area contributed by atoms with Gasteiger partial charge in [-0.05, 0) is 36.8 Å². The minimum absolute atomic E-state index is 0.0986. The van der Waals surface area contributed by atoms with Crippen molar-refractivity contribution in [1.29, 1.82) is 0 Å². The summed E-state index contributed by atoms with van der Waals surface area (Å²) in [6.45, 7) is 3.12. The normalized spacial score (nSPS) is 17.4. The third-order valence-electron chi connectivity index (χ3n) is 4.27. The predicted octanol–water partition coefficient (Wildman–Crippen LogP) is 2.90. The molecule has 1 amide bonds. The molecule has 0 radical (unpaired) electrons. The van der Waals surface area contributed by atoms with Crippen molar-refractivity contribution in [2.45, 2.75) is 17.9 Å². The fourth-order valence-electron chi connectivity index (χ4n) is 2.76. The molecule has 144 valence electrons. The molecule has 0 aliphatic carbocycles. The second-order valence-electron chi connectivity index (χ2n) is 6.20. The summed E-state index contributed by atoms with van der Waals surface area (Å²) < 4.78 is 40.3. The molecule has 1 aliphatic heterocycles. The van der Waals surface area contributed by atoms with E-state index in [0.717, 1.165) is 11.1 Å². The minimum atomic E-state index is -3.89. The summed E-state index contributed by atoms with van der Waals surface area (Å²) in [7, 11) is -2.55. The third-order valence-corrected chi connectivity index (χ3v) is 5.53. The van der Waals surface area contributed by atoms with Crippen LogP contribution in [0, 0.1) is 6.92 Å². The van der Waals surface area contributed by atoms with E-state index in [2.05, 4.69) is 0 Å². The van der Waals surface area contributed by atoms with Gasteiger partial charge in [-0.15, -0.1) is 0 Å². The molecule has 0 aromatic heterocycles. The van der Waals surface area contributed by atoms with Crippen molar-refractivity contribution in [2.75, 3.05) is 26.8 Å². The van der Waals surface area contributed by atoms with Crippen LogP contribution < -0.4 is 4.18 Å². The fraction of sp³-hybridized carbons (Fsp3) is 0.316. The van der Waals surface area contributed by atoms with Crippen LogP contribution in [0.4, 0.5) is 4.79 Å². The highest BCUT2D eigenvalue weighted by atomic mass is 32.2. The van der Waals surface area contributed by atoms with Crippen molar-refractivity contribution in [2.24, 2.45) is 0 Å². The maximum absolute atomic E-state index is 12.3. The molecule has 1 atom stereocenters. The lowest BCUT2D eigenvalue weighted by atomic mass is 10.1. The molecule has 1 heterocycles. The number of nitrogens with zero attached hydrogens (tertiary/aromatic N) is 1. The highest BCUT2D eigenvalue weighted by Gasteiger charge is 2.26. The fourth-order valence-corrected chi connectivity index (χ4v) is 3.69. The van der Waals surface area contributed by atoms with E-state index in [1.807, 2.05) is 6.92 Å². The highest BCUT2D eigenvalue weighted by Crippen LogP contribution is 2.26. The summed E-state index contributed by atoms with van der Waals surface area (Å²) in [5.41, 5.74) is 1.79. The zero-order valence-electron chi connectivity index (χ0n) is 15.1. The van der Waals surface area contributed by atoms with Gasteiger partial charge in [-0.1, -0.05) is 29.8 Å². The van der Waals surface area contributed by atoms with Crippen LogP contribution in [0.3, 0.4) is 0 Å². The van der Waals surface area contributed by atoms with Gasteiger partial charge in [0.05, 0.1) is 20.3 Å². The summed E-state index contributed by atoms with van der Waals surface area (Å²) in [4.78, 5) is 13.3. The van der Waals surface area contributed by atoms with E-state index >= 15 is 0 Å². The Labute approximate surface area is 158 Å². The average Bonchev–Trinajstić information content (AvgIpc) is 2.68. The number of methoxy groups -OCH3 is 1. The van der Waals surface area contributed by atoms with Gasteiger partial charge >= 0.3 is 16.2 Å². The standard InChI is InChI=1S/C19H21NO6S/c1-14-3-9-17(10-4-14)27(22,23)26-16-7-5-15(6-8-16)18-13-20(11-12-25-18)19(21)24-2/h3-10,18H,11-13H2,1-2H3/t18-/m0/s1. The van der Waals surface area contributed by atoms with Crippen LogP contribution in [-0.2, 0) is 19.6 Å². The molecule has 0 unspecified atom stereocenters. The maximum atomic E-state index is 12.3. The van der Waals surface area contributed by atoms with E-state index in [9.17, 15) is 13.2 Å². The Morgan fingerprint density at radius 1 is 1.11 bits per heavy atom. The van der Waals surface area contributed by atoms with Gasteiger partial charge in [0.2, 0.25) is 0 Å². The lowest BCUT2D eigenvalue weighted by molar-refractivity contribution is -0.0258. The van der Waals surface area contributed by atoms with Crippen molar-refractivity contribution in [3.05, 3.63) is 59.7 Å². The molecule has 0 N–H and O–H groups in total. The summed E-state index contributed by atoms with van der Waals surface area (Å²) in [5, 5.41) is 0. The minimum Gasteiger partial charge on any atom is -0.453 e. The predicted molar refractivity (Wildman–Crippen MR) is 98.1 cm³/mol. The summed E-state index contributed by atoms with van der Waals surface area (Å²) >= 11 is 0. The van der Waals surface area contributed by atoms with Gasteiger partial charge in [0.25, 0.3) is 0 Å². The van der Waals surface area contributed by atoms with Crippen molar-refractivity contribution < 1.29 is 26.9 Å². The third kappa shape index (κ3) is 4.58. The van der Waals surface area contributed by atoms with Gasteiger partial charge in [-0.25, -0.2) is 4.79 Å². The summed E-state index contributed by atoms with van der Waals surface area (Å²) in [6.07, 6.45) is -0.701. The van der Waals surface area contributed by atoms with Crippen LogP contribution in [0.5, 0.6) is 5.75 Å². The van der Waals surface area contributed by atoms with Crippen molar-refractivity contribution in [3.8, 4) is 5.75 Å². The first-order valence-electron chi connectivity index (χ1n) is 8.44. The number of carbonyl (C=O) groups excluding carboxylic acids is 1. The average molecular weight is 391 g/mol. The highest BCUT2D eigenvalue weighted by molar-refractivity contribution is 7.87. The second-order valence-corrected chi connectivity index (χ2v) is 7.74. The molecular formula is C19H21NO6S. The monoisotopic (exact) mass is 391 g/mol. The molecule has 1 saturated heterocycles. The van der Waals surface area contributed by atoms with Crippen LogP contribution in [0.15, 0.2) is 53.4 Å². The number of benzene rings is 2. The van der Waals surface area contributed by atoms with E-state index in [-0.39, 0.29) is 16.7 Å². The maximum Gasteiger partial charge on any atom is 0.409 e. The zero-order valence-corrected chi connectivity index (χ0v) is 15.9. The van der Waals surface area contributed by atoms with Crippen LogP contribution in [0.25, 0.3) is 0 Å². The molecule has 0 spiro atoms. The molecular weight excluding hydrogens is 370 g/mol. The first kappa shape index (κ1) is 19.2. The first-order chi connectivity index (χ1) is 12.9. The topological polar surface area (TPSA) is 82.1 Å². The number of carbonyl (C=O) groups is 1. The molecule has 0 bridgehead atoms. The quantitative estimate of drug-likeness (QED) is 0.746. The molecule has 7 nitrogen and oxygen atoms in total. The SMILES string of the molecule is COC(=O)N1CCO[C@H](c2ccc(OS(=O)(=O)c3ccc(C)cc3)cc2)C1. The van der Waals surface area contributed by atoms with Crippen molar-refractivity contribution in [1.82, 2.24) is 4.90 Å². The summed E-state index contributed by atoms with van der Waals surface area (Å²) in [5.74, 6) is 0.208. The molecule has 27 heavy (non-hydrogen) atoms. The van der Waals surface area contributed by atoms with Crippen LogP contribution >= 0.6 is 0 Å². The van der Waals surface area contributed by atoms with Crippen LogP contribution in [0.1, 0.15) is 17.2 Å². The smallest absolute Gasteiger partial charge is 0.409 e. The Hall–Kier alpha value is -2.58. The van der Waals surface area contributed by atoms with E-state index in [1.54, 1.807) is 41.3 Å². The zero-order chi connectivity index (χ0) is 19.4. The molecule has 1 aliphatic rings. The number of morpholine rings is 1. The Kier molecular flexibility index (Phi) is 5.67. The Balaban J connectivity index is 1.70. The molecule has 2 aromatic rings. The van der Waals surface area contributed by atoms with Crippen LogP contribution in [0.2, 0.25) is 0 Å².